The fourth-order valence-corrected chi connectivity index (χ4v) is 3.93. The molecule has 4 aromatic rings. The molecule has 0 unspecified atom stereocenters. The summed E-state index contributed by atoms with van der Waals surface area (Å²) in [6.07, 6.45) is 0. The van der Waals surface area contributed by atoms with Gasteiger partial charge in [0.1, 0.15) is 17.2 Å². The van der Waals surface area contributed by atoms with E-state index in [0.717, 1.165) is 27.8 Å². The monoisotopic (exact) mass is 461 g/mol. The number of carbonyl (C=O) groups is 1. The first-order chi connectivity index (χ1) is 16.1. The Morgan fingerprint density at radius 2 is 1.52 bits per heavy atom. The van der Waals surface area contributed by atoms with E-state index in [1.54, 1.807) is 39.5 Å². The van der Waals surface area contributed by atoms with Crippen LogP contribution in [0.15, 0.2) is 72.1 Å². The van der Waals surface area contributed by atoms with Crippen molar-refractivity contribution >= 4 is 33.8 Å². The van der Waals surface area contributed by atoms with Gasteiger partial charge in [0.15, 0.2) is 5.13 Å². The lowest BCUT2D eigenvalue weighted by molar-refractivity contribution is 0.102. The zero-order valence-electron chi connectivity index (χ0n) is 18.4. The number of methoxy groups -OCH3 is 3. The van der Waals surface area contributed by atoms with Gasteiger partial charge < -0.3 is 24.8 Å². The maximum Gasteiger partial charge on any atom is 0.255 e. The number of amides is 1. The van der Waals surface area contributed by atoms with Gasteiger partial charge in [-0.25, -0.2) is 4.98 Å². The molecule has 0 saturated heterocycles. The Hall–Kier alpha value is -4.04. The zero-order chi connectivity index (χ0) is 23.2. The summed E-state index contributed by atoms with van der Waals surface area (Å²) >= 11 is 1.50. The Morgan fingerprint density at radius 3 is 2.24 bits per heavy atom. The second-order valence-electron chi connectivity index (χ2n) is 7.03. The minimum atomic E-state index is -0.261. The molecule has 0 fully saturated rings. The zero-order valence-corrected chi connectivity index (χ0v) is 19.2. The van der Waals surface area contributed by atoms with Crippen molar-refractivity contribution in [1.82, 2.24) is 4.98 Å². The summed E-state index contributed by atoms with van der Waals surface area (Å²) in [4.78, 5) is 17.5. The molecule has 0 aliphatic carbocycles. The van der Waals surface area contributed by atoms with Crippen molar-refractivity contribution in [3.8, 4) is 28.5 Å². The number of benzene rings is 3. The van der Waals surface area contributed by atoms with E-state index in [0.29, 0.717) is 22.7 Å². The summed E-state index contributed by atoms with van der Waals surface area (Å²) in [5.41, 5.74) is 3.70. The lowest BCUT2D eigenvalue weighted by atomic mass is 10.1. The number of nitrogens with one attached hydrogen (secondary N) is 2. The van der Waals surface area contributed by atoms with Gasteiger partial charge in [-0.15, -0.1) is 11.3 Å². The molecule has 0 saturated carbocycles. The summed E-state index contributed by atoms with van der Waals surface area (Å²) in [6, 6.07) is 20.3. The molecule has 3 aromatic carbocycles. The van der Waals surface area contributed by atoms with Crippen molar-refractivity contribution in [2.45, 2.75) is 0 Å². The van der Waals surface area contributed by atoms with E-state index in [2.05, 4.69) is 15.6 Å². The van der Waals surface area contributed by atoms with E-state index in [-0.39, 0.29) is 5.91 Å². The largest absolute Gasteiger partial charge is 0.497 e. The van der Waals surface area contributed by atoms with Crippen molar-refractivity contribution < 1.29 is 19.0 Å². The first-order valence-electron chi connectivity index (χ1n) is 10.1. The van der Waals surface area contributed by atoms with Gasteiger partial charge in [-0.3, -0.25) is 4.79 Å². The summed E-state index contributed by atoms with van der Waals surface area (Å²) in [7, 11) is 4.73. The highest BCUT2D eigenvalue weighted by Gasteiger charge is 2.12. The topological polar surface area (TPSA) is 81.7 Å². The first-order valence-corrected chi connectivity index (χ1v) is 11.0. The van der Waals surface area contributed by atoms with E-state index >= 15 is 0 Å². The fourth-order valence-electron chi connectivity index (χ4n) is 3.19. The van der Waals surface area contributed by atoms with Crippen LogP contribution >= 0.6 is 11.3 Å². The molecule has 1 aromatic heterocycles. The summed E-state index contributed by atoms with van der Waals surface area (Å²) in [5.74, 6) is 1.61. The van der Waals surface area contributed by atoms with Crippen LogP contribution in [0.4, 0.5) is 16.5 Å². The highest BCUT2D eigenvalue weighted by Crippen LogP contribution is 2.30. The molecule has 0 atom stereocenters. The standard InChI is InChI=1S/C25H23N3O4S/c1-30-20-9-5-8-19(13-20)27-25-28-23(15-33-25)16-6-4-7-18(10-16)26-24(29)17-11-21(31-2)14-22(12-17)32-3/h4-15H,1-3H3,(H,26,29)(H,27,28). The number of thiazole rings is 1. The molecule has 0 bridgehead atoms. The number of aromatic nitrogens is 1. The quantitative estimate of drug-likeness (QED) is 0.343. The fraction of sp³-hybridized carbons (Fsp3) is 0.120. The molecular formula is C25H23N3O4S. The van der Waals surface area contributed by atoms with E-state index in [1.807, 2.05) is 53.9 Å². The van der Waals surface area contributed by atoms with Crippen LogP contribution in [0.2, 0.25) is 0 Å². The van der Waals surface area contributed by atoms with E-state index in [1.165, 1.54) is 11.3 Å². The van der Waals surface area contributed by atoms with Gasteiger partial charge in [-0.1, -0.05) is 18.2 Å². The van der Waals surface area contributed by atoms with Crippen LogP contribution < -0.4 is 24.8 Å². The number of rotatable bonds is 8. The van der Waals surface area contributed by atoms with E-state index in [9.17, 15) is 4.79 Å². The smallest absolute Gasteiger partial charge is 0.255 e. The van der Waals surface area contributed by atoms with Crippen LogP contribution in [0.1, 0.15) is 10.4 Å². The van der Waals surface area contributed by atoms with E-state index < -0.39 is 0 Å². The van der Waals surface area contributed by atoms with Crippen molar-refractivity contribution in [2.75, 3.05) is 32.0 Å². The average molecular weight is 462 g/mol. The van der Waals surface area contributed by atoms with Crippen LogP contribution in [0.5, 0.6) is 17.2 Å². The minimum Gasteiger partial charge on any atom is -0.497 e. The molecule has 7 nitrogen and oxygen atoms in total. The van der Waals surface area contributed by atoms with Gasteiger partial charge in [-0.05, 0) is 36.4 Å². The van der Waals surface area contributed by atoms with Crippen LogP contribution in [0.25, 0.3) is 11.3 Å². The van der Waals surface area contributed by atoms with Gasteiger partial charge in [-0.2, -0.15) is 0 Å². The Morgan fingerprint density at radius 1 is 0.818 bits per heavy atom. The van der Waals surface area contributed by atoms with Gasteiger partial charge in [0.25, 0.3) is 5.91 Å². The van der Waals surface area contributed by atoms with Crippen molar-refractivity contribution in [2.24, 2.45) is 0 Å². The molecular weight excluding hydrogens is 438 g/mol. The van der Waals surface area contributed by atoms with Gasteiger partial charge >= 0.3 is 0 Å². The van der Waals surface area contributed by atoms with Crippen LogP contribution in [0, 0.1) is 0 Å². The highest BCUT2D eigenvalue weighted by molar-refractivity contribution is 7.14. The molecule has 0 aliphatic rings. The maximum absolute atomic E-state index is 12.8. The number of nitrogens with zero attached hydrogens (tertiary/aromatic N) is 1. The number of hydrogen-bond donors (Lipinski definition) is 2. The molecule has 0 aliphatic heterocycles. The summed E-state index contributed by atoms with van der Waals surface area (Å²) < 4.78 is 15.8. The Bertz CT molecular complexity index is 1250. The molecule has 1 heterocycles. The minimum absolute atomic E-state index is 0.261. The Balaban J connectivity index is 1.50. The van der Waals surface area contributed by atoms with Crippen molar-refractivity contribution in [3.63, 3.8) is 0 Å². The highest BCUT2D eigenvalue weighted by atomic mass is 32.1. The van der Waals surface area contributed by atoms with Crippen LogP contribution in [-0.4, -0.2) is 32.2 Å². The molecule has 8 heteroatoms. The molecule has 4 rings (SSSR count). The lowest BCUT2D eigenvalue weighted by Crippen LogP contribution is -2.12. The molecule has 1 amide bonds. The molecule has 2 N–H and O–H groups in total. The third-order valence-electron chi connectivity index (χ3n) is 4.86. The second kappa shape index (κ2) is 10.1. The van der Waals surface area contributed by atoms with Crippen LogP contribution in [-0.2, 0) is 0 Å². The number of anilines is 3. The van der Waals surface area contributed by atoms with Crippen LogP contribution in [0.3, 0.4) is 0 Å². The molecule has 0 radical (unpaired) electrons. The average Bonchev–Trinajstić information content (AvgIpc) is 3.32. The number of carbonyl (C=O) groups excluding carboxylic acids is 1. The van der Waals surface area contributed by atoms with Crippen molar-refractivity contribution in [1.29, 1.82) is 0 Å². The number of hydrogen-bond acceptors (Lipinski definition) is 7. The Labute approximate surface area is 196 Å². The van der Waals surface area contributed by atoms with Crippen molar-refractivity contribution in [3.05, 3.63) is 77.7 Å². The predicted molar refractivity (Wildman–Crippen MR) is 131 cm³/mol. The molecule has 0 spiro atoms. The molecule has 33 heavy (non-hydrogen) atoms. The number of ether oxygens (including phenoxy) is 3. The maximum atomic E-state index is 12.8. The second-order valence-corrected chi connectivity index (χ2v) is 7.89. The summed E-state index contributed by atoms with van der Waals surface area (Å²) in [6.45, 7) is 0. The van der Waals surface area contributed by atoms with Gasteiger partial charge in [0.05, 0.1) is 27.0 Å². The normalized spacial score (nSPS) is 10.4. The Kier molecular flexibility index (Phi) is 6.75. The third-order valence-corrected chi connectivity index (χ3v) is 5.61. The summed E-state index contributed by atoms with van der Waals surface area (Å²) in [5, 5.41) is 8.95. The molecule has 168 valence electrons. The van der Waals surface area contributed by atoms with Gasteiger partial charge in [0.2, 0.25) is 0 Å². The lowest BCUT2D eigenvalue weighted by Gasteiger charge is -2.10. The van der Waals surface area contributed by atoms with E-state index in [4.69, 9.17) is 14.2 Å². The SMILES string of the molecule is COc1cccc(Nc2nc(-c3cccc(NC(=O)c4cc(OC)cc(OC)c4)c3)cs2)c1. The predicted octanol–water partition coefficient (Wildman–Crippen LogP) is 5.83. The first kappa shape index (κ1) is 22.2. The third kappa shape index (κ3) is 5.42. The van der Waals surface area contributed by atoms with Gasteiger partial charge in [0, 0.05) is 40.0 Å².